The molecular weight excluding hydrogens is 471 g/mol. The van der Waals surface area contributed by atoms with Crippen LogP contribution in [0.15, 0.2) is 103 Å². The number of hydrogen-bond acceptors (Lipinski definition) is 6. The highest BCUT2D eigenvalue weighted by Gasteiger charge is 2.39. The fourth-order valence-corrected chi connectivity index (χ4v) is 7.20. The van der Waals surface area contributed by atoms with E-state index in [9.17, 15) is 9.36 Å². The van der Waals surface area contributed by atoms with Crippen LogP contribution in [0.25, 0.3) is 0 Å². The van der Waals surface area contributed by atoms with Gasteiger partial charge in [0.15, 0.2) is 0 Å². The Labute approximate surface area is 210 Å². The van der Waals surface area contributed by atoms with Crippen LogP contribution in [0.2, 0.25) is 0 Å². The molecule has 7 nitrogen and oxygen atoms in total. The third-order valence-corrected chi connectivity index (χ3v) is 9.32. The zero-order valence-corrected chi connectivity index (χ0v) is 21.1. The molecular formula is C28H27N4O3P. The summed E-state index contributed by atoms with van der Waals surface area (Å²) in [6.45, 7) is 4.00. The summed E-state index contributed by atoms with van der Waals surface area (Å²) in [7, 11) is -3.19. The number of aryl methyl sites for hydroxylation is 1. The number of nitrogens with one attached hydrogen (secondary N) is 1. The van der Waals surface area contributed by atoms with Crippen molar-refractivity contribution in [3.05, 3.63) is 114 Å². The van der Waals surface area contributed by atoms with Gasteiger partial charge in [0.25, 0.3) is 0 Å². The van der Waals surface area contributed by atoms with E-state index in [0.29, 0.717) is 27.8 Å². The second kappa shape index (κ2) is 9.96. The van der Waals surface area contributed by atoms with Crippen molar-refractivity contribution in [1.29, 1.82) is 0 Å². The predicted molar refractivity (Wildman–Crippen MR) is 141 cm³/mol. The van der Waals surface area contributed by atoms with Gasteiger partial charge in [0.1, 0.15) is 19.5 Å². The summed E-state index contributed by atoms with van der Waals surface area (Å²) in [6, 6.07) is 26.2. The highest BCUT2D eigenvalue weighted by Crippen LogP contribution is 2.48. The van der Waals surface area contributed by atoms with E-state index in [-0.39, 0.29) is 12.8 Å². The highest BCUT2D eigenvalue weighted by atomic mass is 31.2. The zero-order valence-electron chi connectivity index (χ0n) is 20.2. The van der Waals surface area contributed by atoms with Crippen LogP contribution < -0.4 is 15.9 Å². The molecule has 1 aromatic heterocycles. The number of benzene rings is 3. The van der Waals surface area contributed by atoms with E-state index in [2.05, 4.69) is 15.4 Å². The number of anilines is 1. The topological polar surface area (TPSA) is 86.1 Å². The van der Waals surface area contributed by atoms with Crippen LogP contribution in [0.4, 0.5) is 5.95 Å². The number of nitrogens with zero attached hydrogens (tertiary/aromatic N) is 3. The largest absolute Gasteiger partial charge is 0.463 e. The Morgan fingerprint density at radius 2 is 1.58 bits per heavy atom. The molecule has 0 bridgehead atoms. The summed E-state index contributed by atoms with van der Waals surface area (Å²) in [5.41, 5.74) is 2.87. The Morgan fingerprint density at radius 1 is 0.972 bits per heavy atom. The van der Waals surface area contributed by atoms with E-state index in [0.717, 1.165) is 11.1 Å². The fourth-order valence-electron chi connectivity index (χ4n) is 4.53. The number of carbonyl (C=O) groups excluding carboxylic acids is 1. The maximum atomic E-state index is 14.9. The average Bonchev–Trinajstić information content (AvgIpc) is 3.38. The van der Waals surface area contributed by atoms with Gasteiger partial charge in [-0.15, -0.1) is 0 Å². The first kappa shape index (κ1) is 23.8. The Hall–Kier alpha value is -3.96. The zero-order chi connectivity index (χ0) is 25.1. The second-order valence-electron chi connectivity index (χ2n) is 8.65. The molecule has 5 rings (SSSR count). The fraction of sp³-hybridized carbons (Fsp3) is 0.179. The van der Waals surface area contributed by atoms with Gasteiger partial charge in [-0.25, -0.2) is 9.48 Å². The molecule has 0 amide bonds. The minimum absolute atomic E-state index is 0.102. The van der Waals surface area contributed by atoms with Crippen LogP contribution >= 0.6 is 7.14 Å². The lowest BCUT2D eigenvalue weighted by molar-refractivity contribution is -0.139. The summed E-state index contributed by atoms with van der Waals surface area (Å²) < 4.78 is 22.1. The summed E-state index contributed by atoms with van der Waals surface area (Å²) in [4.78, 5) is 17.9. The molecule has 1 aliphatic heterocycles. The van der Waals surface area contributed by atoms with Crippen LogP contribution in [0.1, 0.15) is 24.1 Å². The van der Waals surface area contributed by atoms with Crippen LogP contribution in [0.5, 0.6) is 0 Å². The molecule has 1 N–H and O–H groups in total. The molecule has 1 atom stereocenters. The van der Waals surface area contributed by atoms with Crippen LogP contribution in [-0.2, 0) is 14.1 Å². The van der Waals surface area contributed by atoms with E-state index in [1.54, 1.807) is 11.6 Å². The molecule has 0 spiro atoms. The number of esters is 1. The van der Waals surface area contributed by atoms with Crippen LogP contribution in [0.3, 0.4) is 0 Å². The van der Waals surface area contributed by atoms with Crippen molar-refractivity contribution < 1.29 is 14.1 Å². The summed E-state index contributed by atoms with van der Waals surface area (Å²) in [5.74, 6) is 0.00990. The lowest BCUT2D eigenvalue weighted by Crippen LogP contribution is -2.33. The average molecular weight is 499 g/mol. The van der Waals surface area contributed by atoms with Crippen molar-refractivity contribution in [1.82, 2.24) is 14.8 Å². The molecule has 8 heteroatoms. The van der Waals surface area contributed by atoms with Gasteiger partial charge in [-0.1, -0.05) is 90.5 Å². The molecule has 4 aromatic rings. The number of hydrogen-bond donors (Lipinski definition) is 1. The first-order valence-electron chi connectivity index (χ1n) is 11.8. The van der Waals surface area contributed by atoms with Crippen molar-refractivity contribution >= 4 is 29.7 Å². The van der Waals surface area contributed by atoms with Crippen molar-refractivity contribution in [3.8, 4) is 0 Å². The minimum atomic E-state index is -3.19. The molecule has 0 fully saturated rings. The van der Waals surface area contributed by atoms with Crippen molar-refractivity contribution in [2.75, 3.05) is 18.1 Å². The van der Waals surface area contributed by atoms with Gasteiger partial charge in [0.05, 0.1) is 12.2 Å². The summed E-state index contributed by atoms with van der Waals surface area (Å²) >= 11 is 0. The van der Waals surface area contributed by atoms with E-state index < -0.39 is 19.2 Å². The Bertz CT molecular complexity index is 1400. The lowest BCUT2D eigenvalue weighted by Gasteiger charge is -2.31. The number of carbonyl (C=O) groups is 1. The maximum absolute atomic E-state index is 14.9. The highest BCUT2D eigenvalue weighted by molar-refractivity contribution is 7.78. The van der Waals surface area contributed by atoms with Gasteiger partial charge >= 0.3 is 5.97 Å². The van der Waals surface area contributed by atoms with Crippen molar-refractivity contribution in [3.63, 3.8) is 0 Å². The Balaban J connectivity index is 1.72. The van der Waals surface area contributed by atoms with Crippen molar-refractivity contribution in [2.45, 2.75) is 19.9 Å². The summed E-state index contributed by atoms with van der Waals surface area (Å²) in [6.07, 6.45) is 1.55. The normalized spacial score (nSPS) is 15.2. The SMILES string of the molecule is CCOC(=O)C1=C(CP(=O)(c2ccccc2)c2ccccc2)Nc2ncnn2[C@H]1c1ccc(C)cc1. The Morgan fingerprint density at radius 3 is 2.17 bits per heavy atom. The first-order chi connectivity index (χ1) is 17.5. The minimum Gasteiger partial charge on any atom is -0.463 e. The van der Waals surface area contributed by atoms with Gasteiger partial charge < -0.3 is 14.6 Å². The molecule has 0 saturated heterocycles. The molecule has 1 aliphatic rings. The molecule has 3 aromatic carbocycles. The number of ether oxygens (including phenoxy) is 1. The van der Waals surface area contributed by atoms with E-state index in [4.69, 9.17) is 4.74 Å². The van der Waals surface area contributed by atoms with Gasteiger partial charge in [-0.3, -0.25) is 0 Å². The monoisotopic (exact) mass is 498 g/mol. The quantitative estimate of drug-likeness (QED) is 0.300. The molecule has 0 unspecified atom stereocenters. The van der Waals surface area contributed by atoms with E-state index in [1.165, 1.54) is 6.33 Å². The predicted octanol–water partition coefficient (Wildman–Crippen LogP) is 4.43. The van der Waals surface area contributed by atoms with Gasteiger partial charge in [-0.05, 0) is 19.4 Å². The molecule has 0 radical (unpaired) electrons. The number of aromatic nitrogens is 3. The van der Waals surface area contributed by atoms with Gasteiger partial charge in [0.2, 0.25) is 5.95 Å². The maximum Gasteiger partial charge on any atom is 0.338 e. The summed E-state index contributed by atoms with van der Waals surface area (Å²) in [5, 5.41) is 9.11. The molecule has 0 aliphatic carbocycles. The molecule has 0 saturated carbocycles. The van der Waals surface area contributed by atoms with E-state index in [1.807, 2.05) is 91.9 Å². The molecule has 182 valence electrons. The first-order valence-corrected chi connectivity index (χ1v) is 13.7. The third kappa shape index (κ3) is 4.38. The third-order valence-electron chi connectivity index (χ3n) is 6.29. The lowest BCUT2D eigenvalue weighted by atomic mass is 9.95. The molecule has 2 heterocycles. The van der Waals surface area contributed by atoms with Crippen LogP contribution in [-0.4, -0.2) is 33.5 Å². The van der Waals surface area contributed by atoms with E-state index >= 15 is 0 Å². The molecule has 36 heavy (non-hydrogen) atoms. The smallest absolute Gasteiger partial charge is 0.338 e. The van der Waals surface area contributed by atoms with Gasteiger partial charge in [-0.2, -0.15) is 10.1 Å². The second-order valence-corrected chi connectivity index (χ2v) is 11.5. The standard InChI is InChI=1S/C28H27N4O3P/c1-3-35-27(33)25-24(18-36(34,22-10-6-4-7-11-22)23-12-8-5-9-13-23)31-28-29-19-30-32(28)26(25)21-16-14-20(2)15-17-21/h4-17,19,26H,3,18H2,1-2H3,(H,29,30,31)/t26-/m0/s1. The van der Waals surface area contributed by atoms with Crippen LogP contribution in [0, 0.1) is 6.92 Å². The number of allylic oxidation sites excluding steroid dienone is 1. The van der Waals surface area contributed by atoms with Gasteiger partial charge in [0, 0.05) is 22.5 Å². The van der Waals surface area contributed by atoms with Crippen molar-refractivity contribution in [2.24, 2.45) is 0 Å². The Kier molecular flexibility index (Phi) is 6.57. The number of fused-ring (bicyclic) bond motifs is 1. The number of rotatable bonds is 7.